The fraction of sp³-hybridized carbons (Fsp3) is 0.500. The number of piperazine rings is 1. The number of carboxylic acids is 1. The Kier molecular flexibility index (Phi) is 11.0. The topological polar surface area (TPSA) is 126 Å². The van der Waals surface area contributed by atoms with Gasteiger partial charge in [-0.2, -0.15) is 0 Å². The third-order valence-electron chi connectivity index (χ3n) is 8.21. The molecule has 0 aliphatic carbocycles. The van der Waals surface area contributed by atoms with Crippen LogP contribution in [0.25, 0.3) is 10.9 Å². The number of aromatic nitrogens is 1. The monoisotopic (exact) mass is 635 g/mol. The highest BCUT2D eigenvalue weighted by Crippen LogP contribution is 2.39. The number of benzene rings is 2. The lowest BCUT2D eigenvalue weighted by Gasteiger charge is -2.37. The first kappa shape index (κ1) is 33.1. The Bertz CT molecular complexity index is 1500. The third kappa shape index (κ3) is 7.91. The number of urea groups is 1. The van der Waals surface area contributed by atoms with Gasteiger partial charge in [0.15, 0.2) is 11.5 Å². The van der Waals surface area contributed by atoms with Crippen molar-refractivity contribution in [2.24, 2.45) is 0 Å². The Morgan fingerprint density at radius 1 is 1.02 bits per heavy atom. The first-order valence-electron chi connectivity index (χ1n) is 16.1. The Hall–Kier alpha value is -4.29. The molecule has 3 aromatic rings. The van der Waals surface area contributed by atoms with Crippen molar-refractivity contribution in [2.45, 2.75) is 39.7 Å². The van der Waals surface area contributed by atoms with Crippen molar-refractivity contribution in [3.8, 4) is 17.2 Å². The molecule has 2 N–H and O–H groups in total. The number of methoxy groups -OCH3 is 1. The summed E-state index contributed by atoms with van der Waals surface area (Å²) in [6.45, 7) is 12.4. The summed E-state index contributed by atoms with van der Waals surface area (Å²) in [6.07, 6.45) is 1.38. The van der Waals surface area contributed by atoms with E-state index in [1.807, 2.05) is 62.1 Å². The van der Waals surface area contributed by atoms with Crippen molar-refractivity contribution < 1.29 is 33.6 Å². The predicted octanol–water partition coefficient (Wildman–Crippen LogP) is 4.75. The van der Waals surface area contributed by atoms with Gasteiger partial charge in [0.25, 0.3) is 0 Å². The van der Waals surface area contributed by atoms with Crippen LogP contribution in [0.5, 0.6) is 17.2 Å². The van der Waals surface area contributed by atoms with E-state index in [4.69, 9.17) is 23.9 Å². The van der Waals surface area contributed by atoms with Gasteiger partial charge in [-0.1, -0.05) is 6.92 Å². The molecule has 0 bridgehead atoms. The first-order valence-corrected chi connectivity index (χ1v) is 16.1. The molecule has 5 rings (SSSR count). The van der Waals surface area contributed by atoms with Gasteiger partial charge in [-0.3, -0.25) is 9.88 Å². The molecule has 2 aliphatic rings. The molecule has 46 heavy (non-hydrogen) atoms. The van der Waals surface area contributed by atoms with E-state index in [2.05, 4.69) is 10.2 Å². The zero-order chi connectivity index (χ0) is 32.6. The molecule has 0 radical (unpaired) electrons. The molecule has 1 aromatic heterocycles. The van der Waals surface area contributed by atoms with Crippen molar-refractivity contribution in [1.82, 2.24) is 14.8 Å². The van der Waals surface area contributed by atoms with Gasteiger partial charge >= 0.3 is 12.0 Å². The van der Waals surface area contributed by atoms with E-state index in [-0.39, 0.29) is 17.7 Å². The van der Waals surface area contributed by atoms with Gasteiger partial charge in [-0.25, -0.2) is 9.59 Å². The van der Waals surface area contributed by atoms with Gasteiger partial charge in [-0.05, 0) is 57.0 Å². The van der Waals surface area contributed by atoms with E-state index in [1.165, 1.54) is 0 Å². The lowest BCUT2D eigenvalue weighted by atomic mass is 10.0. The summed E-state index contributed by atoms with van der Waals surface area (Å²) in [5.74, 6) is 0.802. The quantitative estimate of drug-likeness (QED) is 0.270. The van der Waals surface area contributed by atoms with Gasteiger partial charge in [0, 0.05) is 63.0 Å². The molecule has 2 fully saturated rings. The number of nitrogens with one attached hydrogen (secondary N) is 1. The van der Waals surface area contributed by atoms with Gasteiger partial charge < -0.3 is 39.2 Å². The lowest BCUT2D eigenvalue weighted by molar-refractivity contribution is 0.0357. The van der Waals surface area contributed by atoms with Gasteiger partial charge in [0.2, 0.25) is 0 Å². The second-order valence-corrected chi connectivity index (χ2v) is 11.7. The number of amides is 2. The maximum atomic E-state index is 13.1. The maximum absolute atomic E-state index is 13.1. The molecule has 12 nitrogen and oxygen atoms in total. The van der Waals surface area contributed by atoms with Crippen LogP contribution in [-0.2, 0) is 11.2 Å². The average molecular weight is 636 g/mol. The number of anilines is 2. The molecule has 2 aromatic carbocycles. The summed E-state index contributed by atoms with van der Waals surface area (Å²) in [5, 5.41) is 14.0. The van der Waals surface area contributed by atoms with Gasteiger partial charge in [-0.15, -0.1) is 0 Å². The Labute approximate surface area is 270 Å². The molecule has 2 aliphatic heterocycles. The number of rotatable bonds is 12. The molecule has 0 spiro atoms. The normalized spacial score (nSPS) is 15.7. The minimum absolute atomic E-state index is 0.0662. The van der Waals surface area contributed by atoms with Crippen LogP contribution in [0.3, 0.4) is 0 Å². The molecule has 0 saturated carbocycles. The van der Waals surface area contributed by atoms with Crippen molar-refractivity contribution in [3.63, 3.8) is 0 Å². The maximum Gasteiger partial charge on any atom is 0.339 e. The molecule has 2 amide bonds. The van der Waals surface area contributed by atoms with Crippen LogP contribution < -0.4 is 24.4 Å². The largest absolute Gasteiger partial charge is 0.493 e. The number of ether oxygens (including phenoxy) is 4. The van der Waals surface area contributed by atoms with Crippen LogP contribution in [0.2, 0.25) is 0 Å². The fourth-order valence-electron chi connectivity index (χ4n) is 5.91. The Morgan fingerprint density at radius 3 is 2.37 bits per heavy atom. The number of carbonyl (C=O) groups is 2. The summed E-state index contributed by atoms with van der Waals surface area (Å²) >= 11 is 0. The van der Waals surface area contributed by atoms with Crippen molar-refractivity contribution in [3.05, 3.63) is 47.7 Å². The SMILES string of the molecule is CCc1nc2cc(OCCCN3CCOCC3)c(OC)cc2c(N2CCN(C(=O)Nc3ccc(OC(C)C)cc3)CC2)c1C(=O)O. The molecular weight excluding hydrogens is 590 g/mol. The standard InChI is InChI=1S/C34H45N5O7/c1-5-27-31(33(40)41)32(38-12-14-39(15-13-38)34(42)35-24-7-9-25(10-8-24)46-23(2)3)26-21-29(43-4)30(22-28(26)36-27)45-18-6-11-37-16-19-44-20-17-37/h7-10,21-23H,5-6,11-20H2,1-4H3,(H,35,42)(H,40,41). The fourth-order valence-corrected chi connectivity index (χ4v) is 5.91. The van der Waals surface area contributed by atoms with Gasteiger partial charge in [0.1, 0.15) is 11.3 Å². The zero-order valence-electron chi connectivity index (χ0n) is 27.2. The van der Waals surface area contributed by atoms with Crippen molar-refractivity contribution in [1.29, 1.82) is 0 Å². The minimum atomic E-state index is -1.03. The van der Waals surface area contributed by atoms with E-state index >= 15 is 0 Å². The molecule has 2 saturated heterocycles. The van der Waals surface area contributed by atoms with E-state index in [0.717, 1.165) is 45.0 Å². The van der Waals surface area contributed by atoms with Crippen molar-refractivity contribution >= 4 is 34.3 Å². The number of pyridine rings is 1. The molecule has 12 heteroatoms. The summed E-state index contributed by atoms with van der Waals surface area (Å²) in [5.41, 5.74) is 2.59. The van der Waals surface area contributed by atoms with Gasteiger partial charge in [0.05, 0.1) is 49.9 Å². The highest BCUT2D eigenvalue weighted by molar-refractivity contribution is 6.06. The van der Waals surface area contributed by atoms with Crippen LogP contribution in [0.1, 0.15) is 43.2 Å². The summed E-state index contributed by atoms with van der Waals surface area (Å²) in [7, 11) is 1.58. The summed E-state index contributed by atoms with van der Waals surface area (Å²) in [6, 6.07) is 10.8. The van der Waals surface area contributed by atoms with Crippen LogP contribution >= 0.6 is 0 Å². The van der Waals surface area contributed by atoms with Crippen LogP contribution in [0, 0.1) is 0 Å². The average Bonchev–Trinajstić information content (AvgIpc) is 3.06. The summed E-state index contributed by atoms with van der Waals surface area (Å²) < 4.78 is 23.0. The predicted molar refractivity (Wildman–Crippen MR) is 177 cm³/mol. The van der Waals surface area contributed by atoms with E-state index < -0.39 is 5.97 Å². The number of aromatic carboxylic acids is 1. The highest BCUT2D eigenvalue weighted by Gasteiger charge is 2.29. The lowest BCUT2D eigenvalue weighted by Crippen LogP contribution is -2.50. The number of nitrogens with zero attached hydrogens (tertiary/aromatic N) is 4. The number of carboxylic acid groups (broad SMARTS) is 1. The van der Waals surface area contributed by atoms with E-state index in [9.17, 15) is 14.7 Å². The smallest absolute Gasteiger partial charge is 0.339 e. The van der Waals surface area contributed by atoms with E-state index in [1.54, 1.807) is 12.0 Å². The highest BCUT2D eigenvalue weighted by atomic mass is 16.5. The molecule has 3 heterocycles. The second-order valence-electron chi connectivity index (χ2n) is 11.7. The first-order chi connectivity index (χ1) is 22.3. The second kappa shape index (κ2) is 15.3. The summed E-state index contributed by atoms with van der Waals surface area (Å²) in [4.78, 5) is 36.7. The van der Waals surface area contributed by atoms with E-state index in [0.29, 0.717) is 78.7 Å². The zero-order valence-corrected chi connectivity index (χ0v) is 27.2. The number of fused-ring (bicyclic) bond motifs is 1. The molecule has 0 unspecified atom stereocenters. The molecule has 0 atom stereocenters. The molecular formula is C34H45N5O7. The third-order valence-corrected chi connectivity index (χ3v) is 8.21. The number of hydrogen-bond acceptors (Lipinski definition) is 9. The Morgan fingerprint density at radius 2 is 1.74 bits per heavy atom. The van der Waals surface area contributed by atoms with Crippen LogP contribution in [-0.4, -0.2) is 111 Å². The Balaban J connectivity index is 1.32. The van der Waals surface area contributed by atoms with Crippen LogP contribution in [0.4, 0.5) is 16.2 Å². The number of carbonyl (C=O) groups excluding carboxylic acids is 1. The number of aryl methyl sites for hydroxylation is 1. The van der Waals surface area contributed by atoms with Crippen molar-refractivity contribution in [2.75, 3.05) is 83.0 Å². The number of morpholine rings is 1. The number of hydrogen-bond donors (Lipinski definition) is 2. The van der Waals surface area contributed by atoms with Crippen LogP contribution in [0.15, 0.2) is 36.4 Å². The minimum Gasteiger partial charge on any atom is -0.493 e. The molecule has 248 valence electrons.